The third-order valence-electron chi connectivity index (χ3n) is 5.55. The van der Waals surface area contributed by atoms with Crippen molar-refractivity contribution >= 4 is 23.3 Å². The molecule has 0 saturated carbocycles. The molecule has 2 aromatic heterocycles. The summed E-state index contributed by atoms with van der Waals surface area (Å²) in [6, 6.07) is 14.3. The predicted octanol–water partition coefficient (Wildman–Crippen LogP) is 4.29. The van der Waals surface area contributed by atoms with Gasteiger partial charge in [-0.25, -0.2) is 14.4 Å². The van der Waals surface area contributed by atoms with E-state index >= 15 is 0 Å². The molecule has 0 N–H and O–H groups in total. The molecule has 0 unspecified atom stereocenters. The topological polar surface area (TPSA) is 80.4 Å². The zero-order valence-corrected chi connectivity index (χ0v) is 19.4. The van der Waals surface area contributed by atoms with Crippen LogP contribution in [0.25, 0.3) is 11.4 Å². The number of benzene rings is 2. The molecule has 1 saturated heterocycles. The van der Waals surface area contributed by atoms with Crippen molar-refractivity contribution in [2.75, 3.05) is 43.1 Å². The SMILES string of the molecule is COc1ccc(N2CCN(c3nccnc3SCc3nc(-c4cccc(F)c4)no3)CC2)cc1. The Kier molecular flexibility index (Phi) is 6.57. The molecule has 2 aromatic carbocycles. The normalized spacial score (nSPS) is 13.8. The number of nitrogens with zero attached hydrogens (tertiary/aromatic N) is 6. The molecular formula is C24H23FN6O2S. The quantitative estimate of drug-likeness (QED) is 0.361. The van der Waals surface area contributed by atoms with Crippen LogP contribution in [0.2, 0.25) is 0 Å². The first-order valence-corrected chi connectivity index (χ1v) is 11.8. The molecule has 4 aromatic rings. The maximum absolute atomic E-state index is 13.5. The summed E-state index contributed by atoms with van der Waals surface area (Å²) >= 11 is 1.49. The van der Waals surface area contributed by atoms with Gasteiger partial charge in [0.1, 0.15) is 16.6 Å². The van der Waals surface area contributed by atoms with Crippen molar-refractivity contribution in [3.63, 3.8) is 0 Å². The van der Waals surface area contributed by atoms with Crippen LogP contribution in [0, 0.1) is 5.82 Å². The van der Waals surface area contributed by atoms with E-state index in [9.17, 15) is 4.39 Å². The number of methoxy groups -OCH3 is 1. The van der Waals surface area contributed by atoms with Crippen molar-refractivity contribution in [2.24, 2.45) is 0 Å². The summed E-state index contributed by atoms with van der Waals surface area (Å²) < 4.78 is 24.1. The summed E-state index contributed by atoms with van der Waals surface area (Å²) in [7, 11) is 1.67. The fourth-order valence-corrected chi connectivity index (χ4v) is 4.62. The monoisotopic (exact) mass is 478 g/mol. The van der Waals surface area contributed by atoms with E-state index in [4.69, 9.17) is 9.26 Å². The van der Waals surface area contributed by atoms with Crippen molar-refractivity contribution in [1.29, 1.82) is 0 Å². The van der Waals surface area contributed by atoms with Gasteiger partial charge in [-0.15, -0.1) is 0 Å². The summed E-state index contributed by atoms with van der Waals surface area (Å²) in [6.07, 6.45) is 3.40. The number of hydrogen-bond donors (Lipinski definition) is 0. The molecule has 0 spiro atoms. The zero-order valence-electron chi connectivity index (χ0n) is 18.6. The Bertz CT molecular complexity index is 1240. The highest BCUT2D eigenvalue weighted by atomic mass is 32.2. The van der Waals surface area contributed by atoms with Crippen molar-refractivity contribution in [3.8, 4) is 17.1 Å². The summed E-state index contributed by atoms with van der Waals surface area (Å²) in [5.41, 5.74) is 1.76. The fraction of sp³-hybridized carbons (Fsp3) is 0.250. The summed E-state index contributed by atoms with van der Waals surface area (Å²) in [5, 5.41) is 4.79. The Hall–Kier alpha value is -3.66. The highest BCUT2D eigenvalue weighted by molar-refractivity contribution is 7.98. The molecule has 5 rings (SSSR count). The second-order valence-electron chi connectivity index (χ2n) is 7.67. The average Bonchev–Trinajstić information content (AvgIpc) is 3.37. The Morgan fingerprint density at radius 1 is 1.00 bits per heavy atom. The maximum Gasteiger partial charge on any atom is 0.237 e. The molecule has 8 nitrogen and oxygen atoms in total. The van der Waals surface area contributed by atoms with Crippen molar-refractivity contribution in [1.82, 2.24) is 20.1 Å². The third-order valence-corrected chi connectivity index (χ3v) is 6.50. The van der Waals surface area contributed by atoms with E-state index in [-0.39, 0.29) is 5.82 Å². The van der Waals surface area contributed by atoms with Crippen LogP contribution >= 0.6 is 11.8 Å². The largest absolute Gasteiger partial charge is 0.497 e. The molecule has 0 aliphatic carbocycles. The zero-order chi connectivity index (χ0) is 23.3. The van der Waals surface area contributed by atoms with Crippen LogP contribution in [0.4, 0.5) is 15.9 Å². The first kappa shape index (κ1) is 22.1. The summed E-state index contributed by atoms with van der Waals surface area (Å²) in [5.74, 6) is 2.63. The van der Waals surface area contributed by atoms with E-state index in [2.05, 4.69) is 42.0 Å². The van der Waals surface area contributed by atoms with Gasteiger partial charge in [0.2, 0.25) is 11.7 Å². The number of anilines is 2. The van der Waals surface area contributed by atoms with Crippen LogP contribution in [0.15, 0.2) is 70.5 Å². The highest BCUT2D eigenvalue weighted by Crippen LogP contribution is 2.30. The molecule has 0 bridgehead atoms. The van der Waals surface area contributed by atoms with Gasteiger partial charge in [-0.3, -0.25) is 0 Å². The van der Waals surface area contributed by atoms with E-state index in [0.29, 0.717) is 23.0 Å². The number of ether oxygens (including phenoxy) is 1. The van der Waals surface area contributed by atoms with Crippen molar-refractivity contribution < 1.29 is 13.7 Å². The smallest absolute Gasteiger partial charge is 0.237 e. The summed E-state index contributed by atoms with van der Waals surface area (Å²) in [6.45, 7) is 3.44. The molecule has 34 heavy (non-hydrogen) atoms. The van der Waals surface area contributed by atoms with Gasteiger partial charge < -0.3 is 19.1 Å². The van der Waals surface area contributed by atoms with Gasteiger partial charge >= 0.3 is 0 Å². The van der Waals surface area contributed by atoms with Gasteiger partial charge in [-0.2, -0.15) is 4.98 Å². The van der Waals surface area contributed by atoms with E-state index in [1.807, 2.05) is 12.1 Å². The molecule has 174 valence electrons. The second kappa shape index (κ2) is 10.1. The maximum atomic E-state index is 13.5. The number of halogens is 1. The molecular weight excluding hydrogens is 455 g/mol. The van der Waals surface area contributed by atoms with Crippen LogP contribution in [0.5, 0.6) is 5.75 Å². The lowest BCUT2D eigenvalue weighted by atomic mass is 10.2. The number of hydrogen-bond acceptors (Lipinski definition) is 9. The van der Waals surface area contributed by atoms with Crippen LogP contribution in [0.1, 0.15) is 5.89 Å². The number of rotatable bonds is 7. The molecule has 10 heteroatoms. The average molecular weight is 479 g/mol. The molecule has 1 fully saturated rings. The predicted molar refractivity (Wildman–Crippen MR) is 129 cm³/mol. The van der Waals surface area contributed by atoms with E-state index in [1.165, 1.54) is 29.6 Å². The highest BCUT2D eigenvalue weighted by Gasteiger charge is 2.22. The van der Waals surface area contributed by atoms with E-state index < -0.39 is 0 Å². The molecule has 0 amide bonds. The van der Waals surface area contributed by atoms with Crippen molar-refractivity contribution in [3.05, 3.63) is 72.6 Å². The van der Waals surface area contributed by atoms with Gasteiger partial charge in [-0.05, 0) is 36.4 Å². The number of thioether (sulfide) groups is 1. The minimum absolute atomic E-state index is 0.338. The van der Waals surface area contributed by atoms with Crippen molar-refractivity contribution in [2.45, 2.75) is 10.8 Å². The van der Waals surface area contributed by atoms with Gasteiger partial charge in [0, 0.05) is 49.8 Å². The summed E-state index contributed by atoms with van der Waals surface area (Å²) in [4.78, 5) is 18.1. The number of piperazine rings is 1. The molecule has 3 heterocycles. The Morgan fingerprint density at radius 3 is 2.53 bits per heavy atom. The molecule has 1 aliphatic heterocycles. The Balaban J connectivity index is 1.22. The van der Waals surface area contributed by atoms with Gasteiger partial charge in [0.05, 0.1) is 12.9 Å². The lowest BCUT2D eigenvalue weighted by Crippen LogP contribution is -2.47. The van der Waals surface area contributed by atoms with Crippen LogP contribution in [-0.2, 0) is 5.75 Å². The van der Waals surface area contributed by atoms with Crippen LogP contribution < -0.4 is 14.5 Å². The second-order valence-corrected chi connectivity index (χ2v) is 8.63. The van der Waals surface area contributed by atoms with Gasteiger partial charge in [-0.1, -0.05) is 29.1 Å². The van der Waals surface area contributed by atoms with Crippen LogP contribution in [-0.4, -0.2) is 53.4 Å². The molecule has 0 atom stereocenters. The van der Waals surface area contributed by atoms with Gasteiger partial charge in [0.25, 0.3) is 0 Å². The Morgan fingerprint density at radius 2 is 1.76 bits per heavy atom. The van der Waals surface area contributed by atoms with Gasteiger partial charge in [0.15, 0.2) is 5.82 Å². The Labute approximate surface area is 200 Å². The van der Waals surface area contributed by atoms with Crippen LogP contribution in [0.3, 0.4) is 0 Å². The molecule has 1 aliphatic rings. The van der Waals surface area contributed by atoms with E-state index in [0.717, 1.165) is 42.8 Å². The fourth-order valence-electron chi connectivity index (χ4n) is 3.79. The minimum Gasteiger partial charge on any atom is -0.497 e. The molecule has 0 radical (unpaired) electrons. The lowest BCUT2D eigenvalue weighted by Gasteiger charge is -2.37. The number of aromatic nitrogens is 4. The van der Waals surface area contributed by atoms with E-state index in [1.54, 1.807) is 31.6 Å². The first-order valence-electron chi connectivity index (χ1n) is 10.9. The first-order chi connectivity index (χ1) is 16.7. The standard InChI is InChI=1S/C24H23FN6O2S/c1-32-20-7-5-19(6-8-20)30-11-13-31(14-12-30)23-24(27-10-9-26-23)34-16-21-28-22(29-33-21)17-3-2-4-18(25)15-17/h2-10,15H,11-14,16H2,1H3. The lowest BCUT2D eigenvalue weighted by molar-refractivity contribution is 0.391. The third kappa shape index (κ3) is 4.96. The minimum atomic E-state index is -0.338.